The third-order valence-corrected chi connectivity index (χ3v) is 5.83. The van der Waals surface area contributed by atoms with Gasteiger partial charge in [-0.25, -0.2) is 9.80 Å². The number of amides is 1. The summed E-state index contributed by atoms with van der Waals surface area (Å²) in [6.07, 6.45) is -1.70. The van der Waals surface area contributed by atoms with Gasteiger partial charge in [-0.05, 0) is 28.8 Å². The highest BCUT2D eigenvalue weighted by atomic mass is 35.5. The van der Waals surface area contributed by atoms with E-state index in [2.05, 4.69) is 5.43 Å². The maximum atomic E-state index is 12.6. The second-order valence-corrected chi connectivity index (χ2v) is 8.95. The van der Waals surface area contributed by atoms with Crippen LogP contribution in [-0.2, 0) is 16.1 Å². The van der Waals surface area contributed by atoms with Gasteiger partial charge in [-0.1, -0.05) is 78.3 Å². The summed E-state index contributed by atoms with van der Waals surface area (Å²) in [4.78, 5) is 48.6. The number of aliphatic hydroxyl groups is 1. The van der Waals surface area contributed by atoms with Crippen molar-refractivity contribution in [2.45, 2.75) is 12.6 Å². The molecule has 11 heteroatoms. The molecule has 3 N–H and O–H groups in total. The molecule has 0 radical (unpaired) electrons. The quantitative estimate of drug-likeness (QED) is 0.147. The first-order valence-electron chi connectivity index (χ1n) is 11.8. The number of nitrogens with one attached hydrogen (secondary N) is 2. The van der Waals surface area contributed by atoms with Crippen molar-refractivity contribution in [1.82, 2.24) is 15.6 Å². The largest absolute Gasteiger partial charge is 0.455 e. The zero-order valence-electron chi connectivity index (χ0n) is 20.5. The normalized spacial score (nSPS) is 11.7. The van der Waals surface area contributed by atoms with Crippen LogP contribution in [0.1, 0.15) is 26.5 Å². The fourth-order valence-corrected chi connectivity index (χ4v) is 3.85. The Hall–Kier alpha value is -4.51. The number of benzene rings is 3. The zero-order valence-corrected chi connectivity index (χ0v) is 21.3. The highest BCUT2D eigenvalue weighted by molar-refractivity contribution is 6.30. The van der Waals surface area contributed by atoms with E-state index in [1.807, 2.05) is 47.6 Å². The van der Waals surface area contributed by atoms with Gasteiger partial charge in [-0.3, -0.25) is 19.8 Å². The molecule has 0 aliphatic carbocycles. The van der Waals surface area contributed by atoms with Crippen molar-refractivity contribution < 1.29 is 28.8 Å². The Labute approximate surface area is 227 Å². The second-order valence-electron chi connectivity index (χ2n) is 8.52. The van der Waals surface area contributed by atoms with Gasteiger partial charge in [0, 0.05) is 17.1 Å². The molecule has 1 atom stereocenters. The van der Waals surface area contributed by atoms with Gasteiger partial charge in [-0.2, -0.15) is 5.16 Å². The number of hydrogen-bond donors (Lipinski definition) is 3. The summed E-state index contributed by atoms with van der Waals surface area (Å²) in [7, 11) is 0. The number of nitrogens with zero attached hydrogens (tertiary/aromatic N) is 1. The fourth-order valence-electron chi connectivity index (χ4n) is 3.66. The van der Waals surface area contributed by atoms with Crippen LogP contribution < -0.4 is 11.0 Å². The fraction of sp³-hybridized carbons (Fsp3) is 0.143. The van der Waals surface area contributed by atoms with Crippen LogP contribution in [0.25, 0.3) is 11.1 Å². The van der Waals surface area contributed by atoms with E-state index in [-0.39, 0.29) is 18.8 Å². The Balaban J connectivity index is 1.43. The third-order valence-electron chi connectivity index (χ3n) is 5.60. The summed E-state index contributed by atoms with van der Waals surface area (Å²) in [6.45, 7) is -0.857. The maximum Gasteiger partial charge on any atom is 0.336 e. The molecule has 0 fully saturated rings. The number of aromatic nitrogens is 1. The number of rotatable bonds is 11. The van der Waals surface area contributed by atoms with Gasteiger partial charge in [0.1, 0.15) is 0 Å². The van der Waals surface area contributed by atoms with E-state index in [1.54, 1.807) is 36.4 Å². The lowest BCUT2D eigenvalue weighted by Crippen LogP contribution is -2.47. The Kier molecular flexibility index (Phi) is 9.06. The van der Waals surface area contributed by atoms with Crippen LogP contribution in [0.15, 0.2) is 94.2 Å². The molecular formula is C28H24ClN3O7. The highest BCUT2D eigenvalue weighted by Gasteiger charge is 2.24. The molecule has 0 unspecified atom stereocenters. The molecule has 0 bridgehead atoms. The minimum Gasteiger partial charge on any atom is -0.455 e. The number of halogens is 1. The molecule has 200 valence electrons. The third kappa shape index (κ3) is 7.74. The average molecular weight is 550 g/mol. The molecule has 0 aliphatic heterocycles. The predicted molar refractivity (Wildman–Crippen MR) is 142 cm³/mol. The van der Waals surface area contributed by atoms with E-state index in [1.165, 1.54) is 5.01 Å². The van der Waals surface area contributed by atoms with Gasteiger partial charge in [-0.15, -0.1) is 0 Å². The van der Waals surface area contributed by atoms with E-state index >= 15 is 0 Å². The number of carbonyl (C=O) groups is 3. The van der Waals surface area contributed by atoms with Crippen LogP contribution in [0.5, 0.6) is 0 Å². The number of esters is 1. The monoisotopic (exact) mass is 549 g/mol. The molecule has 0 saturated heterocycles. The van der Waals surface area contributed by atoms with Gasteiger partial charge in [0.15, 0.2) is 18.5 Å². The number of ether oxygens (including phenoxy) is 1. The molecule has 0 saturated carbocycles. The molecule has 1 amide bonds. The van der Waals surface area contributed by atoms with Crippen molar-refractivity contribution in [1.29, 1.82) is 0 Å². The van der Waals surface area contributed by atoms with Crippen molar-refractivity contribution in [3.05, 3.63) is 117 Å². The van der Waals surface area contributed by atoms with Gasteiger partial charge in [0.2, 0.25) is 5.76 Å². The number of H-pyrrole nitrogens is 1. The molecule has 4 rings (SSSR count). The first-order chi connectivity index (χ1) is 18.8. The summed E-state index contributed by atoms with van der Waals surface area (Å²) >= 11 is 6.08. The van der Waals surface area contributed by atoms with Crippen molar-refractivity contribution >= 4 is 29.3 Å². The Morgan fingerprint density at radius 1 is 0.974 bits per heavy atom. The minimum atomic E-state index is -1.70. The molecule has 10 nitrogen and oxygen atoms in total. The summed E-state index contributed by atoms with van der Waals surface area (Å²) < 4.78 is 9.82. The van der Waals surface area contributed by atoms with Crippen LogP contribution in [-0.4, -0.2) is 52.2 Å². The average Bonchev–Trinajstić information content (AvgIpc) is 3.38. The van der Waals surface area contributed by atoms with Crippen LogP contribution in [0.3, 0.4) is 0 Å². The molecule has 0 aliphatic rings. The maximum absolute atomic E-state index is 12.6. The lowest BCUT2D eigenvalue weighted by Gasteiger charge is -2.24. The van der Waals surface area contributed by atoms with Crippen LogP contribution in [0.4, 0.5) is 0 Å². The minimum absolute atomic E-state index is 0.0729. The zero-order chi connectivity index (χ0) is 27.8. The van der Waals surface area contributed by atoms with Crippen LogP contribution in [0.2, 0.25) is 5.02 Å². The molecule has 39 heavy (non-hydrogen) atoms. The summed E-state index contributed by atoms with van der Waals surface area (Å²) in [5, 5.41) is 14.4. The van der Waals surface area contributed by atoms with Gasteiger partial charge in [0.05, 0.1) is 12.6 Å². The Morgan fingerprint density at radius 3 is 2.38 bits per heavy atom. The van der Waals surface area contributed by atoms with E-state index in [0.717, 1.165) is 22.8 Å². The van der Waals surface area contributed by atoms with Crippen LogP contribution >= 0.6 is 11.6 Å². The number of hydrazine groups is 1. The van der Waals surface area contributed by atoms with Gasteiger partial charge in [0.25, 0.3) is 5.56 Å². The summed E-state index contributed by atoms with van der Waals surface area (Å²) in [5.41, 5.74) is 4.85. The number of aromatic amines is 1. The smallest absolute Gasteiger partial charge is 0.336 e. The first-order valence-corrected chi connectivity index (χ1v) is 12.2. The van der Waals surface area contributed by atoms with Crippen molar-refractivity contribution in [3.8, 4) is 11.1 Å². The standard InChI is InChI=1S/C28H24ClN3O7/c29-22-8-4-7-21(13-22)19-11-9-18(10-12-19)15-32(30-27(36)25-14-26(35)31-39-25)16-23(33)28(37)38-17-24(34)20-5-2-1-3-6-20/h1-14,23,33H,15-17H2,(H,30,36)(H,31,35)/t23-/m1/s1. The van der Waals surface area contributed by atoms with E-state index in [0.29, 0.717) is 10.6 Å². The lowest BCUT2D eigenvalue weighted by atomic mass is 10.0. The van der Waals surface area contributed by atoms with Gasteiger partial charge < -0.3 is 14.4 Å². The Morgan fingerprint density at radius 2 is 1.72 bits per heavy atom. The second kappa shape index (κ2) is 12.8. The number of aliphatic hydroxyl groups excluding tert-OH is 1. The number of hydrogen-bond acceptors (Lipinski definition) is 8. The summed E-state index contributed by atoms with van der Waals surface area (Å²) in [5.74, 6) is -2.53. The molecule has 4 aromatic rings. The van der Waals surface area contributed by atoms with Crippen molar-refractivity contribution in [3.63, 3.8) is 0 Å². The number of carbonyl (C=O) groups excluding carboxylic acids is 3. The van der Waals surface area contributed by atoms with E-state index in [4.69, 9.17) is 20.9 Å². The molecule has 0 spiro atoms. The lowest BCUT2D eigenvalue weighted by molar-refractivity contribution is -0.153. The molecular weight excluding hydrogens is 526 g/mol. The molecule has 1 aromatic heterocycles. The van der Waals surface area contributed by atoms with Crippen molar-refractivity contribution in [2.75, 3.05) is 13.2 Å². The molecule has 1 heterocycles. The topological polar surface area (TPSA) is 142 Å². The van der Waals surface area contributed by atoms with Crippen LogP contribution in [0, 0.1) is 0 Å². The summed E-state index contributed by atoms with van der Waals surface area (Å²) in [6, 6.07) is 24.0. The predicted octanol–water partition coefficient (Wildman–Crippen LogP) is 3.22. The molecule has 3 aromatic carbocycles. The number of ketones is 1. The van der Waals surface area contributed by atoms with E-state index in [9.17, 15) is 24.3 Å². The highest BCUT2D eigenvalue weighted by Crippen LogP contribution is 2.23. The van der Waals surface area contributed by atoms with Gasteiger partial charge >= 0.3 is 11.9 Å². The SMILES string of the molecule is O=C(COC(=O)[C@H](O)CN(Cc1ccc(-c2cccc(Cl)c2)cc1)NC(=O)c1cc(=O)[nH]o1)c1ccccc1. The first kappa shape index (κ1) is 27.5. The Bertz CT molecular complexity index is 1500. The number of Topliss-reactive ketones (excluding diaryl/α,β-unsaturated/α-hetero) is 1. The van der Waals surface area contributed by atoms with E-state index < -0.39 is 35.9 Å². The van der Waals surface area contributed by atoms with Crippen molar-refractivity contribution in [2.24, 2.45) is 0 Å².